The number of ether oxygens (including phenoxy) is 2. The molecule has 1 aromatic rings. The highest BCUT2D eigenvalue weighted by molar-refractivity contribution is 9.10. The fourth-order valence-electron chi connectivity index (χ4n) is 2.09. The van der Waals surface area contributed by atoms with Crippen LogP contribution < -0.4 is 5.32 Å². The second-order valence-corrected chi connectivity index (χ2v) is 8.14. The third-order valence-corrected chi connectivity index (χ3v) is 4.15. The van der Waals surface area contributed by atoms with Crippen LogP contribution in [-0.2, 0) is 25.7 Å². The summed E-state index contributed by atoms with van der Waals surface area (Å²) < 4.78 is 10.4. The van der Waals surface area contributed by atoms with Gasteiger partial charge in [0, 0.05) is 0 Å². The van der Waals surface area contributed by atoms with Gasteiger partial charge in [-0.15, -0.1) is 0 Å². The standard InChI is InChI=1S/C19H26BrNO5/c1-12(2)15(16(22)14(20)17(23)26-19(3,4)5)21-18(24)25-11-13-9-7-6-8-10-13/h6-10,12,14-15H,11H2,1-5H3,(H,21,24)/t14?,15-/m0/s1. The molecule has 1 amide bonds. The van der Waals surface area contributed by atoms with Gasteiger partial charge >= 0.3 is 12.1 Å². The van der Waals surface area contributed by atoms with Crippen LogP contribution in [0.1, 0.15) is 40.2 Å². The Morgan fingerprint density at radius 3 is 2.19 bits per heavy atom. The van der Waals surface area contributed by atoms with E-state index in [0.717, 1.165) is 5.56 Å². The fraction of sp³-hybridized carbons (Fsp3) is 0.526. The summed E-state index contributed by atoms with van der Waals surface area (Å²) in [5.74, 6) is -1.40. The summed E-state index contributed by atoms with van der Waals surface area (Å²) in [6.07, 6.45) is -0.718. The Hall–Kier alpha value is -1.89. The molecule has 0 aliphatic rings. The summed E-state index contributed by atoms with van der Waals surface area (Å²) in [6, 6.07) is 8.32. The zero-order valence-corrected chi connectivity index (χ0v) is 17.3. The number of esters is 1. The molecule has 1 aromatic carbocycles. The number of alkyl halides is 1. The van der Waals surface area contributed by atoms with E-state index >= 15 is 0 Å². The first kappa shape index (κ1) is 22.2. The number of nitrogens with one attached hydrogen (secondary N) is 1. The molecule has 0 aromatic heterocycles. The quantitative estimate of drug-likeness (QED) is 0.408. The molecule has 0 spiro atoms. The number of benzene rings is 1. The van der Waals surface area contributed by atoms with Crippen molar-refractivity contribution in [3.05, 3.63) is 35.9 Å². The van der Waals surface area contributed by atoms with Gasteiger partial charge in [-0.2, -0.15) is 0 Å². The van der Waals surface area contributed by atoms with E-state index in [1.165, 1.54) is 0 Å². The van der Waals surface area contributed by atoms with E-state index in [-0.39, 0.29) is 12.5 Å². The maximum atomic E-state index is 12.6. The molecule has 6 nitrogen and oxygen atoms in total. The molecule has 0 bridgehead atoms. The molecule has 0 saturated carbocycles. The molecule has 0 aliphatic heterocycles. The summed E-state index contributed by atoms with van der Waals surface area (Å²) in [7, 11) is 0. The van der Waals surface area contributed by atoms with Crippen LogP contribution in [0.2, 0.25) is 0 Å². The minimum atomic E-state index is -1.16. The van der Waals surface area contributed by atoms with Crippen molar-refractivity contribution in [3.63, 3.8) is 0 Å². The fourth-order valence-corrected chi connectivity index (χ4v) is 2.46. The van der Waals surface area contributed by atoms with Crippen LogP contribution in [0.3, 0.4) is 0 Å². The first-order chi connectivity index (χ1) is 12.0. The zero-order chi connectivity index (χ0) is 19.9. The topological polar surface area (TPSA) is 81.7 Å². The second-order valence-electron chi connectivity index (χ2n) is 7.23. The molecule has 0 aliphatic carbocycles. The Morgan fingerprint density at radius 2 is 1.69 bits per heavy atom. The van der Waals surface area contributed by atoms with Crippen molar-refractivity contribution in [2.45, 2.75) is 57.7 Å². The van der Waals surface area contributed by atoms with E-state index in [4.69, 9.17) is 9.47 Å². The Kier molecular flexibility index (Phi) is 8.27. The van der Waals surface area contributed by atoms with Gasteiger partial charge in [0.15, 0.2) is 10.6 Å². The smallest absolute Gasteiger partial charge is 0.408 e. The van der Waals surface area contributed by atoms with E-state index < -0.39 is 34.3 Å². The molecular weight excluding hydrogens is 402 g/mol. The summed E-state index contributed by atoms with van der Waals surface area (Å²) in [5.41, 5.74) is 0.126. The lowest BCUT2D eigenvalue weighted by Crippen LogP contribution is -2.49. The van der Waals surface area contributed by atoms with Gasteiger partial charge in [0.05, 0.1) is 6.04 Å². The molecule has 26 heavy (non-hydrogen) atoms. The van der Waals surface area contributed by atoms with E-state index in [0.29, 0.717) is 0 Å². The molecule has 1 rings (SSSR count). The number of halogens is 1. The Labute approximate surface area is 162 Å². The van der Waals surface area contributed by atoms with Crippen molar-refractivity contribution in [3.8, 4) is 0 Å². The largest absolute Gasteiger partial charge is 0.459 e. The minimum Gasteiger partial charge on any atom is -0.459 e. The van der Waals surface area contributed by atoms with E-state index in [2.05, 4.69) is 21.2 Å². The van der Waals surface area contributed by atoms with Crippen molar-refractivity contribution < 1.29 is 23.9 Å². The van der Waals surface area contributed by atoms with Gasteiger partial charge in [0.1, 0.15) is 12.2 Å². The van der Waals surface area contributed by atoms with Crippen LogP contribution in [0, 0.1) is 5.92 Å². The first-order valence-corrected chi connectivity index (χ1v) is 9.30. The highest BCUT2D eigenvalue weighted by Crippen LogP contribution is 2.17. The molecule has 0 fully saturated rings. The maximum absolute atomic E-state index is 12.6. The van der Waals surface area contributed by atoms with Gasteiger partial charge < -0.3 is 14.8 Å². The van der Waals surface area contributed by atoms with Crippen LogP contribution in [-0.4, -0.2) is 34.3 Å². The van der Waals surface area contributed by atoms with Gasteiger partial charge in [0.25, 0.3) is 0 Å². The molecule has 1 unspecified atom stereocenters. The summed E-state index contributed by atoms with van der Waals surface area (Å²) in [6.45, 7) is 8.79. The number of carbonyl (C=O) groups excluding carboxylic acids is 3. The summed E-state index contributed by atoms with van der Waals surface area (Å²) in [5, 5.41) is 2.54. The first-order valence-electron chi connectivity index (χ1n) is 8.39. The number of ketones is 1. The normalized spacial score (nSPS) is 13.7. The number of rotatable bonds is 7. The lowest BCUT2D eigenvalue weighted by molar-refractivity contribution is -0.155. The number of Topliss-reactive ketones (excluding diaryl/α,β-unsaturated/α-hetero) is 1. The summed E-state index contributed by atoms with van der Waals surface area (Å²) >= 11 is 3.08. The third kappa shape index (κ3) is 7.56. The SMILES string of the molecule is CC(C)[C@H](NC(=O)OCc1ccccc1)C(=O)C(Br)C(=O)OC(C)(C)C. The highest BCUT2D eigenvalue weighted by atomic mass is 79.9. The van der Waals surface area contributed by atoms with Crippen LogP contribution in [0.5, 0.6) is 0 Å². The van der Waals surface area contributed by atoms with Crippen molar-refractivity contribution >= 4 is 33.8 Å². The number of hydrogen-bond donors (Lipinski definition) is 1. The molecule has 144 valence electrons. The average molecular weight is 428 g/mol. The minimum absolute atomic E-state index is 0.0927. The molecular formula is C19H26BrNO5. The second kappa shape index (κ2) is 9.71. The molecule has 2 atom stereocenters. The lowest BCUT2D eigenvalue weighted by atomic mass is 9.98. The summed E-state index contributed by atoms with van der Waals surface area (Å²) in [4.78, 5) is 35.6. The number of amides is 1. The van der Waals surface area contributed by atoms with Gasteiger partial charge in [-0.1, -0.05) is 60.1 Å². The predicted octanol–water partition coefficient (Wildman–Crippen LogP) is 3.61. The van der Waals surface area contributed by atoms with Crippen molar-refractivity contribution in [2.24, 2.45) is 5.92 Å². The van der Waals surface area contributed by atoms with E-state index in [1.807, 2.05) is 30.3 Å². The lowest BCUT2D eigenvalue weighted by Gasteiger charge is -2.25. The zero-order valence-electron chi connectivity index (χ0n) is 15.7. The van der Waals surface area contributed by atoms with Crippen molar-refractivity contribution in [1.29, 1.82) is 0 Å². The highest BCUT2D eigenvalue weighted by Gasteiger charge is 2.36. The Bertz CT molecular complexity index is 625. The van der Waals surface area contributed by atoms with E-state index in [9.17, 15) is 14.4 Å². The third-order valence-electron chi connectivity index (χ3n) is 3.32. The molecule has 1 N–H and O–H groups in total. The van der Waals surface area contributed by atoms with Gasteiger partial charge in [-0.25, -0.2) is 4.79 Å². The average Bonchev–Trinajstić information content (AvgIpc) is 2.55. The van der Waals surface area contributed by atoms with Crippen molar-refractivity contribution in [1.82, 2.24) is 5.32 Å². The molecule has 0 radical (unpaired) electrons. The monoisotopic (exact) mass is 427 g/mol. The molecule has 7 heteroatoms. The molecule has 0 saturated heterocycles. The Balaban J connectivity index is 2.67. The molecule has 0 heterocycles. The predicted molar refractivity (Wildman–Crippen MR) is 102 cm³/mol. The van der Waals surface area contributed by atoms with Crippen LogP contribution in [0.4, 0.5) is 4.79 Å². The number of alkyl carbamates (subject to hydrolysis) is 1. The van der Waals surface area contributed by atoms with Gasteiger partial charge in [-0.05, 0) is 32.3 Å². The van der Waals surface area contributed by atoms with Gasteiger partial charge in [-0.3, -0.25) is 9.59 Å². The Morgan fingerprint density at radius 1 is 1.12 bits per heavy atom. The van der Waals surface area contributed by atoms with E-state index in [1.54, 1.807) is 34.6 Å². The van der Waals surface area contributed by atoms with Crippen LogP contribution in [0.25, 0.3) is 0 Å². The number of hydrogen-bond acceptors (Lipinski definition) is 5. The van der Waals surface area contributed by atoms with Crippen LogP contribution >= 0.6 is 15.9 Å². The van der Waals surface area contributed by atoms with Crippen molar-refractivity contribution in [2.75, 3.05) is 0 Å². The van der Waals surface area contributed by atoms with Crippen LogP contribution in [0.15, 0.2) is 30.3 Å². The number of carbonyl (C=O) groups is 3. The van der Waals surface area contributed by atoms with Gasteiger partial charge in [0.2, 0.25) is 0 Å². The maximum Gasteiger partial charge on any atom is 0.408 e.